The first-order chi connectivity index (χ1) is 9.37. The molecule has 6 nitrogen and oxygen atoms in total. The van der Waals surface area contributed by atoms with Crippen LogP contribution in [0.15, 0.2) is 18.3 Å². The molecular formula is C14H20N4O2. The molecule has 2 heterocycles. The Bertz CT molecular complexity index is 542. The molecule has 20 heavy (non-hydrogen) atoms. The highest BCUT2D eigenvalue weighted by atomic mass is 16.2. The number of piperazine rings is 1. The third-order valence-corrected chi connectivity index (χ3v) is 3.72. The summed E-state index contributed by atoms with van der Waals surface area (Å²) in [6.07, 6.45) is 1.57. The molecule has 1 aromatic heterocycles. The fourth-order valence-electron chi connectivity index (χ4n) is 2.45. The van der Waals surface area contributed by atoms with Gasteiger partial charge in [-0.2, -0.15) is 0 Å². The SMILES string of the molecule is CN1CCN(C(=O)c2ccnc(CN)c2)C(C)(C)C1=O. The maximum atomic E-state index is 12.6. The number of hydrogen-bond acceptors (Lipinski definition) is 4. The van der Waals surface area contributed by atoms with Crippen LogP contribution in [0.2, 0.25) is 0 Å². The summed E-state index contributed by atoms with van der Waals surface area (Å²) < 4.78 is 0. The van der Waals surface area contributed by atoms with Gasteiger partial charge in [-0.25, -0.2) is 0 Å². The summed E-state index contributed by atoms with van der Waals surface area (Å²) in [5.74, 6) is -0.209. The van der Waals surface area contributed by atoms with Crippen molar-refractivity contribution in [1.29, 1.82) is 0 Å². The number of nitrogens with two attached hydrogens (primary N) is 1. The maximum Gasteiger partial charge on any atom is 0.254 e. The van der Waals surface area contributed by atoms with Crippen molar-refractivity contribution in [1.82, 2.24) is 14.8 Å². The molecule has 108 valence electrons. The average molecular weight is 276 g/mol. The number of likely N-dealkylation sites (N-methyl/N-ethyl adjacent to an activating group) is 1. The molecule has 2 N–H and O–H groups in total. The van der Waals surface area contributed by atoms with Crippen LogP contribution in [0, 0.1) is 0 Å². The molecule has 1 aromatic rings. The normalized spacial score (nSPS) is 18.3. The highest BCUT2D eigenvalue weighted by Gasteiger charge is 2.43. The van der Waals surface area contributed by atoms with Crippen LogP contribution in [0.5, 0.6) is 0 Å². The lowest BCUT2D eigenvalue weighted by Gasteiger charge is -2.44. The van der Waals surface area contributed by atoms with Crippen LogP contribution in [-0.4, -0.2) is 52.3 Å². The minimum Gasteiger partial charge on any atom is -0.342 e. The number of rotatable bonds is 2. The monoisotopic (exact) mass is 276 g/mol. The lowest BCUT2D eigenvalue weighted by atomic mass is 9.96. The van der Waals surface area contributed by atoms with E-state index < -0.39 is 5.54 Å². The second-order valence-electron chi connectivity index (χ2n) is 5.48. The van der Waals surface area contributed by atoms with Gasteiger partial charge in [-0.05, 0) is 26.0 Å². The number of carbonyl (C=O) groups excluding carboxylic acids is 2. The number of pyridine rings is 1. The van der Waals surface area contributed by atoms with Crippen molar-refractivity contribution in [2.24, 2.45) is 5.73 Å². The molecule has 0 spiro atoms. The lowest BCUT2D eigenvalue weighted by molar-refractivity contribution is -0.144. The van der Waals surface area contributed by atoms with Crippen molar-refractivity contribution >= 4 is 11.8 Å². The van der Waals surface area contributed by atoms with Gasteiger partial charge in [0.15, 0.2) is 0 Å². The molecule has 6 heteroatoms. The zero-order valence-corrected chi connectivity index (χ0v) is 12.1. The zero-order valence-electron chi connectivity index (χ0n) is 12.1. The van der Waals surface area contributed by atoms with E-state index in [0.717, 1.165) is 0 Å². The van der Waals surface area contributed by atoms with Gasteiger partial charge in [-0.3, -0.25) is 14.6 Å². The van der Waals surface area contributed by atoms with Crippen LogP contribution in [0.1, 0.15) is 29.9 Å². The second kappa shape index (κ2) is 5.20. The molecular weight excluding hydrogens is 256 g/mol. The van der Waals surface area contributed by atoms with Crippen molar-refractivity contribution < 1.29 is 9.59 Å². The molecule has 1 aliphatic heterocycles. The standard InChI is InChI=1S/C14H20N4O2/c1-14(2)13(20)17(3)6-7-18(14)12(19)10-4-5-16-11(8-10)9-15/h4-5,8H,6-7,9,15H2,1-3H3. The third kappa shape index (κ3) is 2.38. The minimum absolute atomic E-state index is 0.0507. The van der Waals surface area contributed by atoms with Crippen LogP contribution in [0.25, 0.3) is 0 Å². The molecule has 1 aliphatic rings. The first kappa shape index (κ1) is 14.5. The minimum atomic E-state index is -0.837. The highest BCUT2D eigenvalue weighted by molar-refractivity contribution is 5.99. The van der Waals surface area contributed by atoms with Crippen molar-refractivity contribution in [2.45, 2.75) is 25.9 Å². The Kier molecular flexibility index (Phi) is 3.76. The largest absolute Gasteiger partial charge is 0.342 e. The maximum absolute atomic E-state index is 12.6. The van der Waals surface area contributed by atoms with Gasteiger partial charge in [0.25, 0.3) is 5.91 Å². The van der Waals surface area contributed by atoms with Crippen LogP contribution in [0.4, 0.5) is 0 Å². The van der Waals surface area contributed by atoms with E-state index in [1.54, 1.807) is 49.0 Å². The summed E-state index contributed by atoms with van der Waals surface area (Å²) in [4.78, 5) is 32.2. The van der Waals surface area contributed by atoms with Crippen LogP contribution in [0.3, 0.4) is 0 Å². The van der Waals surface area contributed by atoms with Gasteiger partial charge in [-0.15, -0.1) is 0 Å². The molecule has 0 bridgehead atoms. The highest BCUT2D eigenvalue weighted by Crippen LogP contribution is 2.24. The predicted octanol–water partition coefficient (Wildman–Crippen LogP) is 0.233. The predicted molar refractivity (Wildman–Crippen MR) is 74.9 cm³/mol. The number of carbonyl (C=O) groups is 2. The van der Waals surface area contributed by atoms with Crippen LogP contribution in [-0.2, 0) is 11.3 Å². The van der Waals surface area contributed by atoms with E-state index in [-0.39, 0.29) is 18.4 Å². The summed E-state index contributed by atoms with van der Waals surface area (Å²) in [6.45, 7) is 4.89. The van der Waals surface area contributed by atoms with Gasteiger partial charge < -0.3 is 15.5 Å². The molecule has 2 amide bonds. The van der Waals surface area contributed by atoms with Crippen molar-refractivity contribution in [3.05, 3.63) is 29.6 Å². The van der Waals surface area contributed by atoms with E-state index in [4.69, 9.17) is 5.73 Å². The first-order valence-electron chi connectivity index (χ1n) is 6.60. The van der Waals surface area contributed by atoms with Crippen LogP contribution < -0.4 is 5.73 Å². The molecule has 1 fully saturated rings. The summed E-state index contributed by atoms with van der Waals surface area (Å²) in [7, 11) is 1.75. The zero-order chi connectivity index (χ0) is 14.9. The Morgan fingerprint density at radius 3 is 2.80 bits per heavy atom. The van der Waals surface area contributed by atoms with E-state index in [2.05, 4.69) is 4.98 Å². The van der Waals surface area contributed by atoms with E-state index in [0.29, 0.717) is 24.3 Å². The van der Waals surface area contributed by atoms with Gasteiger partial charge in [-0.1, -0.05) is 0 Å². The molecule has 0 saturated carbocycles. The summed E-state index contributed by atoms with van der Waals surface area (Å²) in [6, 6.07) is 3.33. The Morgan fingerprint density at radius 1 is 1.45 bits per heavy atom. The number of hydrogen-bond donors (Lipinski definition) is 1. The fourth-order valence-corrected chi connectivity index (χ4v) is 2.45. The van der Waals surface area contributed by atoms with Crippen molar-refractivity contribution in [3.8, 4) is 0 Å². The molecule has 1 saturated heterocycles. The first-order valence-corrected chi connectivity index (χ1v) is 6.60. The number of aromatic nitrogens is 1. The Hall–Kier alpha value is -1.95. The average Bonchev–Trinajstić information content (AvgIpc) is 2.44. The van der Waals surface area contributed by atoms with E-state index in [1.807, 2.05) is 0 Å². The van der Waals surface area contributed by atoms with Crippen molar-refractivity contribution in [2.75, 3.05) is 20.1 Å². The molecule has 0 radical (unpaired) electrons. The van der Waals surface area contributed by atoms with Gasteiger partial charge in [0.2, 0.25) is 5.91 Å². The lowest BCUT2D eigenvalue weighted by Crippen LogP contribution is -2.63. The van der Waals surface area contributed by atoms with E-state index in [1.165, 1.54) is 0 Å². The summed E-state index contributed by atoms with van der Waals surface area (Å²) in [5, 5.41) is 0. The van der Waals surface area contributed by atoms with Crippen LogP contribution >= 0.6 is 0 Å². The Balaban J connectivity index is 2.30. The van der Waals surface area contributed by atoms with Crippen molar-refractivity contribution in [3.63, 3.8) is 0 Å². The van der Waals surface area contributed by atoms with Gasteiger partial charge in [0.1, 0.15) is 5.54 Å². The van der Waals surface area contributed by atoms with E-state index >= 15 is 0 Å². The summed E-state index contributed by atoms with van der Waals surface area (Å²) in [5.41, 5.74) is 5.89. The Morgan fingerprint density at radius 2 is 2.15 bits per heavy atom. The van der Waals surface area contributed by atoms with E-state index in [9.17, 15) is 9.59 Å². The van der Waals surface area contributed by atoms with Gasteiger partial charge in [0, 0.05) is 38.4 Å². The third-order valence-electron chi connectivity index (χ3n) is 3.72. The molecule has 0 unspecified atom stereocenters. The van der Waals surface area contributed by atoms with Gasteiger partial charge >= 0.3 is 0 Å². The molecule has 0 aliphatic carbocycles. The molecule has 0 aromatic carbocycles. The quantitative estimate of drug-likeness (QED) is 0.838. The number of nitrogens with zero attached hydrogens (tertiary/aromatic N) is 3. The smallest absolute Gasteiger partial charge is 0.254 e. The number of amides is 2. The second-order valence-corrected chi connectivity index (χ2v) is 5.48. The van der Waals surface area contributed by atoms with Gasteiger partial charge in [0.05, 0.1) is 5.69 Å². The summed E-state index contributed by atoms with van der Waals surface area (Å²) >= 11 is 0. The topological polar surface area (TPSA) is 79.5 Å². The molecule has 0 atom stereocenters. The fraction of sp³-hybridized carbons (Fsp3) is 0.500. The molecule has 2 rings (SSSR count). The Labute approximate surface area is 118 Å².